The van der Waals surface area contributed by atoms with Gasteiger partial charge in [0.2, 0.25) is 0 Å². The first-order chi connectivity index (χ1) is 14.6. The Bertz CT molecular complexity index is 732. The van der Waals surface area contributed by atoms with Crippen molar-refractivity contribution in [3.8, 4) is 0 Å². The van der Waals surface area contributed by atoms with Gasteiger partial charge in [0.15, 0.2) is 0 Å². The van der Waals surface area contributed by atoms with Crippen LogP contribution in [0.15, 0.2) is 12.2 Å². The summed E-state index contributed by atoms with van der Waals surface area (Å²) in [5.41, 5.74) is 0.277. The van der Waals surface area contributed by atoms with Gasteiger partial charge in [0.1, 0.15) is 0 Å². The van der Waals surface area contributed by atoms with Gasteiger partial charge in [-0.3, -0.25) is 0 Å². The number of aliphatic hydroxyl groups is 3. The third kappa shape index (κ3) is 2.94. The van der Waals surface area contributed by atoms with Crippen molar-refractivity contribution in [1.82, 2.24) is 0 Å². The monoisotopic (exact) mass is 430 g/mol. The van der Waals surface area contributed by atoms with E-state index in [2.05, 4.69) is 46.8 Å². The number of rotatable bonds is 4. The highest BCUT2D eigenvalue weighted by Gasteiger charge is 2.80. The van der Waals surface area contributed by atoms with Gasteiger partial charge < -0.3 is 15.3 Å². The molecule has 0 saturated heterocycles. The van der Waals surface area contributed by atoms with Gasteiger partial charge in [0.25, 0.3) is 0 Å². The average molecular weight is 431 g/mol. The van der Waals surface area contributed by atoms with Crippen molar-refractivity contribution in [2.45, 2.75) is 104 Å². The highest BCUT2D eigenvalue weighted by atomic mass is 16.3. The molecule has 0 aromatic heterocycles. The van der Waals surface area contributed by atoms with Crippen molar-refractivity contribution in [3.05, 3.63) is 12.2 Å². The second-order valence-electron chi connectivity index (χ2n) is 13.2. The van der Waals surface area contributed by atoms with Gasteiger partial charge in [-0.25, -0.2) is 0 Å². The van der Waals surface area contributed by atoms with Crippen molar-refractivity contribution >= 4 is 0 Å². The molecule has 0 aliphatic heterocycles. The molecule has 176 valence electrons. The summed E-state index contributed by atoms with van der Waals surface area (Å²) >= 11 is 0. The van der Waals surface area contributed by atoms with E-state index in [-0.39, 0.29) is 28.3 Å². The maximum Gasteiger partial charge on any atom is 0.0864 e. The molecule has 0 bridgehead atoms. The molecule has 5 aliphatic rings. The Morgan fingerprint density at radius 3 is 2.29 bits per heavy atom. The Labute approximate surface area is 189 Å². The van der Waals surface area contributed by atoms with Crippen molar-refractivity contribution in [3.63, 3.8) is 0 Å². The molecular formula is C28H46O3. The molecule has 0 heterocycles. The zero-order chi connectivity index (χ0) is 22.3. The molecular weight excluding hydrogens is 384 g/mol. The molecule has 31 heavy (non-hydrogen) atoms. The largest absolute Gasteiger partial charge is 0.393 e. The van der Waals surface area contributed by atoms with Crippen LogP contribution in [-0.2, 0) is 0 Å². The van der Waals surface area contributed by atoms with Crippen molar-refractivity contribution in [2.24, 2.45) is 57.7 Å². The van der Waals surface area contributed by atoms with Crippen LogP contribution in [0.25, 0.3) is 0 Å². The first-order valence-electron chi connectivity index (χ1n) is 13.3. The minimum Gasteiger partial charge on any atom is -0.393 e. The van der Waals surface area contributed by atoms with Crippen molar-refractivity contribution < 1.29 is 15.3 Å². The summed E-state index contributed by atoms with van der Waals surface area (Å²) in [5.74, 6) is 3.85. The zero-order valence-corrected chi connectivity index (χ0v) is 20.4. The van der Waals surface area contributed by atoms with Gasteiger partial charge in [-0.05, 0) is 104 Å². The van der Waals surface area contributed by atoms with Crippen LogP contribution in [0.1, 0.15) is 86.0 Å². The van der Waals surface area contributed by atoms with Crippen LogP contribution < -0.4 is 0 Å². The highest BCUT2D eigenvalue weighted by Crippen LogP contribution is 2.83. The third-order valence-corrected chi connectivity index (χ3v) is 11.8. The topological polar surface area (TPSA) is 60.7 Å². The molecule has 0 spiro atoms. The molecule has 5 saturated carbocycles. The van der Waals surface area contributed by atoms with Gasteiger partial charge in [-0.2, -0.15) is 0 Å². The fourth-order valence-corrected chi connectivity index (χ4v) is 9.75. The molecule has 3 nitrogen and oxygen atoms in total. The quantitative estimate of drug-likeness (QED) is 0.538. The summed E-state index contributed by atoms with van der Waals surface area (Å²) in [7, 11) is 0. The van der Waals surface area contributed by atoms with E-state index >= 15 is 0 Å². The summed E-state index contributed by atoms with van der Waals surface area (Å²) in [6, 6.07) is 0. The number of aliphatic hydroxyl groups excluding tert-OH is 3. The lowest BCUT2D eigenvalue weighted by Crippen LogP contribution is -2.60. The van der Waals surface area contributed by atoms with E-state index in [1.54, 1.807) is 0 Å². The normalized spacial score (nSPS) is 55.3. The summed E-state index contributed by atoms with van der Waals surface area (Å²) < 4.78 is 0. The van der Waals surface area contributed by atoms with Crippen LogP contribution >= 0.6 is 0 Å². The molecule has 5 fully saturated rings. The zero-order valence-electron chi connectivity index (χ0n) is 20.4. The van der Waals surface area contributed by atoms with Crippen molar-refractivity contribution in [1.29, 1.82) is 0 Å². The maximum atomic E-state index is 11.5. The lowest BCUT2D eigenvalue weighted by Gasteiger charge is -2.59. The molecule has 12 unspecified atom stereocenters. The number of hydrogen-bond donors (Lipinski definition) is 3. The summed E-state index contributed by atoms with van der Waals surface area (Å²) in [5, 5.41) is 33.1. The Kier molecular flexibility index (Phi) is 5.28. The predicted molar refractivity (Wildman–Crippen MR) is 124 cm³/mol. The number of hydrogen-bond acceptors (Lipinski definition) is 3. The molecule has 3 heteroatoms. The standard InChI is InChI=1S/C28H46O3/c1-16(2)17(3)6-7-18(4)20-8-9-21-23-22(11-12-26(20,21)5)27-13-10-19(29)14-28(27,15-27)25(31)24(23)30/h6-7,16-25,29-31H,8-15H2,1-5H3. The SMILES string of the molecule is CC(C)C(C)C=CC(C)C1CCC2C3C(O)C(O)C45CC(O)CCC4(C5)C3CCC12C. The Morgan fingerprint density at radius 2 is 1.58 bits per heavy atom. The van der Waals surface area contributed by atoms with Gasteiger partial charge in [-0.15, -0.1) is 0 Å². The molecule has 5 rings (SSSR count). The minimum atomic E-state index is -0.644. The van der Waals surface area contributed by atoms with E-state index < -0.39 is 12.2 Å². The third-order valence-electron chi connectivity index (χ3n) is 11.8. The van der Waals surface area contributed by atoms with Gasteiger partial charge in [-0.1, -0.05) is 46.8 Å². The predicted octanol–water partition coefficient (Wildman–Crippen LogP) is 5.19. The fraction of sp³-hybridized carbons (Fsp3) is 0.929. The van der Waals surface area contributed by atoms with Crippen LogP contribution in [0.4, 0.5) is 0 Å². The average Bonchev–Trinajstić information content (AvgIpc) is 3.29. The summed E-state index contributed by atoms with van der Waals surface area (Å²) in [6.45, 7) is 11.8. The van der Waals surface area contributed by atoms with Crippen molar-refractivity contribution in [2.75, 3.05) is 0 Å². The van der Waals surface area contributed by atoms with E-state index in [1.165, 1.54) is 25.7 Å². The highest BCUT2D eigenvalue weighted by molar-refractivity contribution is 5.29. The number of allylic oxidation sites excluding steroid dienone is 2. The van der Waals surface area contributed by atoms with E-state index in [0.29, 0.717) is 41.9 Å². The summed E-state index contributed by atoms with van der Waals surface area (Å²) in [4.78, 5) is 0. The molecule has 0 aromatic carbocycles. The first kappa shape index (κ1) is 22.4. The van der Waals surface area contributed by atoms with Gasteiger partial charge >= 0.3 is 0 Å². The van der Waals surface area contributed by atoms with E-state index in [1.807, 2.05) is 0 Å². The van der Waals surface area contributed by atoms with E-state index in [9.17, 15) is 15.3 Å². The molecule has 0 radical (unpaired) electrons. The number of fused-ring (bicyclic) bond motifs is 3. The Hall–Kier alpha value is -0.380. The minimum absolute atomic E-state index is 0.194. The van der Waals surface area contributed by atoms with Crippen LogP contribution in [0.5, 0.6) is 0 Å². The summed E-state index contributed by atoms with van der Waals surface area (Å²) in [6.07, 6.45) is 12.0. The second-order valence-corrected chi connectivity index (χ2v) is 13.2. The molecule has 3 N–H and O–H groups in total. The second kappa shape index (κ2) is 7.31. The lowest BCUT2D eigenvalue weighted by molar-refractivity contribution is -0.190. The van der Waals surface area contributed by atoms with Crippen LogP contribution in [-0.4, -0.2) is 33.6 Å². The van der Waals surface area contributed by atoms with E-state index in [4.69, 9.17) is 0 Å². The molecule has 0 aromatic rings. The first-order valence-corrected chi connectivity index (χ1v) is 13.3. The van der Waals surface area contributed by atoms with Crippen LogP contribution in [0.2, 0.25) is 0 Å². The molecule has 0 amide bonds. The lowest BCUT2D eigenvalue weighted by atomic mass is 9.47. The van der Waals surface area contributed by atoms with Gasteiger partial charge in [0, 0.05) is 5.41 Å². The molecule has 12 atom stereocenters. The smallest absolute Gasteiger partial charge is 0.0864 e. The van der Waals surface area contributed by atoms with Gasteiger partial charge in [0.05, 0.1) is 18.3 Å². The maximum absolute atomic E-state index is 11.5. The van der Waals surface area contributed by atoms with Crippen LogP contribution in [0.3, 0.4) is 0 Å². The molecule has 5 aliphatic carbocycles. The fourth-order valence-electron chi connectivity index (χ4n) is 9.75. The van der Waals surface area contributed by atoms with E-state index in [0.717, 1.165) is 19.3 Å². The van der Waals surface area contributed by atoms with Crippen LogP contribution in [0, 0.1) is 57.7 Å². The Morgan fingerprint density at radius 1 is 0.839 bits per heavy atom. The Balaban J connectivity index is 1.39.